The summed E-state index contributed by atoms with van der Waals surface area (Å²) < 4.78 is 32.7. The van der Waals surface area contributed by atoms with Crippen LogP contribution >= 0.6 is 0 Å². The topological polar surface area (TPSA) is 46.6 Å². The quantitative estimate of drug-likeness (QED) is 0.857. The second kappa shape index (κ2) is 6.36. The normalized spacial score (nSPS) is 20.7. The second-order valence-corrected chi connectivity index (χ2v) is 8.08. The van der Waals surface area contributed by atoms with E-state index >= 15 is 0 Å². The van der Waals surface area contributed by atoms with Gasteiger partial charge in [-0.1, -0.05) is 26.8 Å². The van der Waals surface area contributed by atoms with Crippen LogP contribution in [0.4, 0.5) is 0 Å². The lowest BCUT2D eigenvalue weighted by Gasteiger charge is -2.30. The monoisotopic (exact) mass is 311 g/mol. The van der Waals surface area contributed by atoms with Crippen LogP contribution < -0.4 is 4.74 Å². The molecule has 0 aliphatic carbocycles. The summed E-state index contributed by atoms with van der Waals surface area (Å²) in [5, 5.41) is 0. The van der Waals surface area contributed by atoms with Crippen molar-refractivity contribution in [1.29, 1.82) is 0 Å². The highest BCUT2D eigenvalue weighted by atomic mass is 32.2. The number of hydrogen-bond donors (Lipinski definition) is 0. The van der Waals surface area contributed by atoms with Crippen LogP contribution in [0.5, 0.6) is 5.75 Å². The number of rotatable bonds is 4. The standard InChI is InChI=1S/C16H25NO3S/c1-12(2)14-7-8-15(20-4)16(10-14)21(18,19)17-9-5-6-13(3)11-17/h7-8,10,12-13H,5-6,9,11H2,1-4H3/t13-/m0/s1. The minimum atomic E-state index is -3.49. The molecule has 0 radical (unpaired) electrons. The molecule has 1 heterocycles. The Hall–Kier alpha value is -1.07. The summed E-state index contributed by atoms with van der Waals surface area (Å²) in [7, 11) is -1.97. The molecular formula is C16H25NO3S. The van der Waals surface area contributed by atoms with Gasteiger partial charge in [-0.25, -0.2) is 8.42 Å². The van der Waals surface area contributed by atoms with E-state index in [-0.39, 0.29) is 5.92 Å². The van der Waals surface area contributed by atoms with Crippen LogP contribution in [0, 0.1) is 5.92 Å². The summed E-state index contributed by atoms with van der Waals surface area (Å²) in [6, 6.07) is 5.45. The van der Waals surface area contributed by atoms with E-state index in [0.717, 1.165) is 18.4 Å². The van der Waals surface area contributed by atoms with Crippen molar-refractivity contribution >= 4 is 10.0 Å². The summed E-state index contributed by atoms with van der Waals surface area (Å²) in [4.78, 5) is 0.297. The van der Waals surface area contributed by atoms with Crippen LogP contribution in [-0.4, -0.2) is 32.9 Å². The van der Waals surface area contributed by atoms with Gasteiger partial charge in [-0.15, -0.1) is 0 Å². The Kier molecular flexibility index (Phi) is 4.94. The fourth-order valence-corrected chi connectivity index (χ4v) is 4.55. The van der Waals surface area contributed by atoms with Crippen LogP contribution in [0.25, 0.3) is 0 Å². The van der Waals surface area contributed by atoms with Gasteiger partial charge in [-0.2, -0.15) is 4.31 Å². The smallest absolute Gasteiger partial charge is 0.246 e. The average Bonchev–Trinajstić information content (AvgIpc) is 2.46. The van der Waals surface area contributed by atoms with Crippen molar-refractivity contribution in [2.45, 2.75) is 44.4 Å². The number of ether oxygens (including phenoxy) is 1. The molecule has 0 N–H and O–H groups in total. The van der Waals surface area contributed by atoms with Gasteiger partial charge in [0.05, 0.1) is 7.11 Å². The third-order valence-electron chi connectivity index (χ3n) is 4.09. The van der Waals surface area contributed by atoms with E-state index in [0.29, 0.717) is 29.7 Å². The van der Waals surface area contributed by atoms with E-state index in [1.165, 1.54) is 7.11 Å². The molecule has 1 aromatic carbocycles. The maximum atomic E-state index is 12.9. The molecule has 0 saturated carbocycles. The molecule has 21 heavy (non-hydrogen) atoms. The van der Waals surface area contributed by atoms with Crippen molar-refractivity contribution in [2.24, 2.45) is 5.92 Å². The maximum Gasteiger partial charge on any atom is 0.246 e. The van der Waals surface area contributed by atoms with Crippen molar-refractivity contribution in [1.82, 2.24) is 4.31 Å². The van der Waals surface area contributed by atoms with E-state index in [1.54, 1.807) is 16.4 Å². The van der Waals surface area contributed by atoms with Gasteiger partial charge in [0.15, 0.2) is 0 Å². The highest BCUT2D eigenvalue weighted by Crippen LogP contribution is 2.32. The van der Waals surface area contributed by atoms with Crippen molar-refractivity contribution in [3.8, 4) is 5.75 Å². The molecular weight excluding hydrogens is 286 g/mol. The average molecular weight is 311 g/mol. The molecule has 1 aliphatic rings. The predicted octanol–water partition coefficient (Wildman–Crippen LogP) is 3.24. The van der Waals surface area contributed by atoms with Gasteiger partial charge in [-0.3, -0.25) is 0 Å². The lowest BCUT2D eigenvalue weighted by atomic mass is 10.0. The molecule has 4 nitrogen and oxygen atoms in total. The van der Waals surface area contributed by atoms with Gasteiger partial charge in [0.25, 0.3) is 0 Å². The zero-order valence-electron chi connectivity index (χ0n) is 13.3. The van der Waals surface area contributed by atoms with Crippen LogP contribution in [-0.2, 0) is 10.0 Å². The Morgan fingerprint density at radius 2 is 2.05 bits per heavy atom. The largest absolute Gasteiger partial charge is 0.495 e. The molecule has 118 valence electrons. The molecule has 0 unspecified atom stereocenters. The first-order valence-electron chi connectivity index (χ1n) is 7.54. The molecule has 1 fully saturated rings. The first kappa shape index (κ1) is 16.3. The Morgan fingerprint density at radius 1 is 1.33 bits per heavy atom. The molecule has 2 rings (SSSR count). The summed E-state index contributed by atoms with van der Waals surface area (Å²) in [5.41, 5.74) is 1.01. The maximum absolute atomic E-state index is 12.9. The van der Waals surface area contributed by atoms with Crippen molar-refractivity contribution in [2.75, 3.05) is 20.2 Å². The molecule has 0 aromatic heterocycles. The highest BCUT2D eigenvalue weighted by molar-refractivity contribution is 7.89. The summed E-state index contributed by atoms with van der Waals surface area (Å²) in [6.07, 6.45) is 2.02. The minimum absolute atomic E-state index is 0.283. The fraction of sp³-hybridized carbons (Fsp3) is 0.625. The molecule has 0 bridgehead atoms. The van der Waals surface area contributed by atoms with Crippen LogP contribution in [0.15, 0.2) is 23.1 Å². The molecule has 5 heteroatoms. The third kappa shape index (κ3) is 3.40. The first-order valence-corrected chi connectivity index (χ1v) is 8.98. The molecule has 1 saturated heterocycles. The van der Waals surface area contributed by atoms with Gasteiger partial charge in [0.1, 0.15) is 10.6 Å². The Balaban J connectivity index is 2.44. The van der Waals surface area contributed by atoms with Gasteiger partial charge < -0.3 is 4.74 Å². The van der Waals surface area contributed by atoms with E-state index in [4.69, 9.17) is 4.74 Å². The van der Waals surface area contributed by atoms with Crippen molar-refractivity contribution < 1.29 is 13.2 Å². The summed E-state index contributed by atoms with van der Waals surface area (Å²) in [5.74, 6) is 1.12. The van der Waals surface area contributed by atoms with E-state index in [2.05, 4.69) is 20.8 Å². The molecule has 0 amide bonds. The molecule has 1 aliphatic heterocycles. The third-order valence-corrected chi connectivity index (χ3v) is 5.98. The predicted molar refractivity (Wildman–Crippen MR) is 84.2 cm³/mol. The molecule has 1 atom stereocenters. The van der Waals surface area contributed by atoms with Crippen LogP contribution in [0.3, 0.4) is 0 Å². The summed E-state index contributed by atoms with van der Waals surface area (Å²) in [6.45, 7) is 7.41. The first-order chi connectivity index (χ1) is 9.86. The number of nitrogens with zero attached hydrogens (tertiary/aromatic N) is 1. The number of methoxy groups -OCH3 is 1. The SMILES string of the molecule is COc1ccc(C(C)C)cc1S(=O)(=O)N1CCC[C@H](C)C1. The number of benzene rings is 1. The van der Waals surface area contributed by atoms with Crippen LogP contribution in [0.2, 0.25) is 0 Å². The number of hydrogen-bond acceptors (Lipinski definition) is 3. The second-order valence-electron chi connectivity index (χ2n) is 6.18. The highest BCUT2D eigenvalue weighted by Gasteiger charge is 2.31. The number of sulfonamides is 1. The van der Waals surface area contributed by atoms with Gasteiger partial charge in [0, 0.05) is 13.1 Å². The molecule has 0 spiro atoms. The number of piperidine rings is 1. The summed E-state index contributed by atoms with van der Waals surface area (Å²) >= 11 is 0. The Bertz CT molecular complexity index is 596. The van der Waals surface area contributed by atoms with Gasteiger partial charge >= 0.3 is 0 Å². The van der Waals surface area contributed by atoms with E-state index in [9.17, 15) is 8.42 Å². The van der Waals surface area contributed by atoms with Gasteiger partial charge in [-0.05, 0) is 42.4 Å². The van der Waals surface area contributed by atoms with Crippen molar-refractivity contribution in [3.05, 3.63) is 23.8 Å². The zero-order chi connectivity index (χ0) is 15.6. The Labute approximate surface area is 128 Å². The molecule has 1 aromatic rings. The minimum Gasteiger partial charge on any atom is -0.495 e. The van der Waals surface area contributed by atoms with Crippen LogP contribution in [0.1, 0.15) is 45.1 Å². The lowest BCUT2D eigenvalue weighted by molar-refractivity contribution is 0.280. The van der Waals surface area contributed by atoms with E-state index in [1.807, 2.05) is 6.07 Å². The van der Waals surface area contributed by atoms with Crippen molar-refractivity contribution in [3.63, 3.8) is 0 Å². The van der Waals surface area contributed by atoms with Gasteiger partial charge in [0.2, 0.25) is 10.0 Å². The lowest BCUT2D eigenvalue weighted by Crippen LogP contribution is -2.39. The van der Waals surface area contributed by atoms with E-state index < -0.39 is 10.0 Å². The fourth-order valence-electron chi connectivity index (χ4n) is 2.76. The Morgan fingerprint density at radius 3 is 2.62 bits per heavy atom. The zero-order valence-corrected chi connectivity index (χ0v) is 14.1.